The first kappa shape index (κ1) is 15.9. The molecule has 1 atom stereocenters. The molecule has 26 heavy (non-hydrogen) atoms. The fraction of sp³-hybridized carbons (Fsp3) is 0.105. The van der Waals surface area contributed by atoms with Crippen LogP contribution in [0, 0.1) is 0 Å². The molecule has 0 spiro atoms. The van der Waals surface area contributed by atoms with Gasteiger partial charge < -0.3 is 15.3 Å². The van der Waals surface area contributed by atoms with E-state index in [1.54, 1.807) is 29.1 Å². The van der Waals surface area contributed by atoms with Gasteiger partial charge in [0, 0.05) is 18.0 Å². The Morgan fingerprint density at radius 3 is 2.62 bits per heavy atom. The zero-order chi connectivity index (χ0) is 18.1. The summed E-state index contributed by atoms with van der Waals surface area (Å²) in [7, 11) is 0. The zero-order valence-corrected chi connectivity index (χ0v) is 14.1. The Morgan fingerprint density at radius 2 is 1.88 bits per heavy atom. The molecule has 7 heteroatoms. The van der Waals surface area contributed by atoms with Gasteiger partial charge in [-0.25, -0.2) is 9.48 Å². The van der Waals surface area contributed by atoms with E-state index in [1.165, 1.54) is 0 Å². The minimum Gasteiger partial charge on any atom is -0.346 e. The molecule has 0 bridgehead atoms. The number of carbonyl (C=O) groups excluding carboxylic acids is 1. The Bertz CT molecular complexity index is 1110. The summed E-state index contributed by atoms with van der Waals surface area (Å²) < 4.78 is 1.78. The highest BCUT2D eigenvalue weighted by Crippen LogP contribution is 2.17. The van der Waals surface area contributed by atoms with Gasteiger partial charge in [0.2, 0.25) is 0 Å². The second kappa shape index (κ2) is 6.36. The van der Waals surface area contributed by atoms with Gasteiger partial charge >= 0.3 is 5.69 Å². The first-order chi connectivity index (χ1) is 12.6. The predicted octanol–water partition coefficient (Wildman–Crippen LogP) is 2.53. The van der Waals surface area contributed by atoms with Crippen molar-refractivity contribution >= 4 is 16.9 Å². The van der Waals surface area contributed by atoms with E-state index in [0.717, 1.165) is 11.3 Å². The molecular formula is C19H17N5O2. The molecule has 2 aromatic heterocycles. The number of H-pyrrole nitrogens is 2. The molecule has 4 rings (SSSR count). The third kappa shape index (κ3) is 3.02. The molecule has 0 unspecified atom stereocenters. The maximum absolute atomic E-state index is 12.5. The highest BCUT2D eigenvalue weighted by molar-refractivity contribution is 5.97. The van der Waals surface area contributed by atoms with Crippen molar-refractivity contribution in [1.29, 1.82) is 0 Å². The molecule has 0 aliphatic rings. The average Bonchev–Trinajstić information content (AvgIpc) is 3.29. The minimum absolute atomic E-state index is 0.157. The number of aromatic nitrogens is 4. The fourth-order valence-electron chi connectivity index (χ4n) is 2.87. The van der Waals surface area contributed by atoms with E-state index in [2.05, 4.69) is 20.4 Å². The lowest BCUT2D eigenvalue weighted by Crippen LogP contribution is -2.26. The van der Waals surface area contributed by atoms with E-state index in [9.17, 15) is 9.59 Å². The van der Waals surface area contributed by atoms with Crippen LogP contribution in [-0.4, -0.2) is 25.7 Å². The van der Waals surface area contributed by atoms with Gasteiger partial charge in [-0.05, 0) is 48.9 Å². The van der Waals surface area contributed by atoms with Crippen LogP contribution < -0.4 is 11.0 Å². The van der Waals surface area contributed by atoms with E-state index in [-0.39, 0.29) is 17.6 Å². The molecular weight excluding hydrogens is 330 g/mol. The van der Waals surface area contributed by atoms with Crippen LogP contribution >= 0.6 is 0 Å². The van der Waals surface area contributed by atoms with Gasteiger partial charge in [-0.1, -0.05) is 12.1 Å². The number of aromatic amines is 2. The Morgan fingerprint density at radius 1 is 1.12 bits per heavy atom. The van der Waals surface area contributed by atoms with E-state index >= 15 is 0 Å². The lowest BCUT2D eigenvalue weighted by Gasteiger charge is -2.15. The van der Waals surface area contributed by atoms with Crippen LogP contribution in [0.15, 0.2) is 65.7 Å². The molecule has 130 valence electrons. The van der Waals surface area contributed by atoms with Crippen molar-refractivity contribution in [2.24, 2.45) is 0 Å². The van der Waals surface area contributed by atoms with Crippen molar-refractivity contribution in [1.82, 2.24) is 25.1 Å². The molecule has 0 saturated heterocycles. The number of carbonyl (C=O) groups is 1. The smallest absolute Gasteiger partial charge is 0.323 e. The van der Waals surface area contributed by atoms with E-state index in [0.29, 0.717) is 16.6 Å². The average molecular weight is 347 g/mol. The lowest BCUT2D eigenvalue weighted by molar-refractivity contribution is 0.0940. The summed E-state index contributed by atoms with van der Waals surface area (Å²) in [4.78, 5) is 29.1. The van der Waals surface area contributed by atoms with Gasteiger partial charge in [-0.15, -0.1) is 0 Å². The van der Waals surface area contributed by atoms with E-state index in [1.807, 2.05) is 43.5 Å². The Labute approximate surface area is 148 Å². The topological polar surface area (TPSA) is 95.6 Å². The summed E-state index contributed by atoms with van der Waals surface area (Å²) in [6.45, 7) is 1.93. The number of hydrogen-bond donors (Lipinski definition) is 3. The molecule has 4 aromatic rings. The number of nitrogens with one attached hydrogen (secondary N) is 3. The van der Waals surface area contributed by atoms with Gasteiger partial charge in [0.1, 0.15) is 0 Å². The number of imidazole rings is 1. The third-order valence-electron chi connectivity index (χ3n) is 4.29. The molecule has 0 saturated carbocycles. The van der Waals surface area contributed by atoms with Gasteiger partial charge in [-0.3, -0.25) is 4.79 Å². The summed E-state index contributed by atoms with van der Waals surface area (Å²) in [5.74, 6) is -0.197. The minimum atomic E-state index is -0.289. The molecule has 2 aromatic carbocycles. The molecule has 0 radical (unpaired) electrons. The molecule has 7 nitrogen and oxygen atoms in total. The SMILES string of the molecule is C[C@@H](NC(=O)c1ccc2[nH]c(=O)[nH]c2c1)c1ccc(-n2cccn2)cc1. The van der Waals surface area contributed by atoms with Crippen LogP contribution in [0.25, 0.3) is 16.7 Å². The monoisotopic (exact) mass is 347 g/mol. The zero-order valence-electron chi connectivity index (χ0n) is 14.1. The highest BCUT2D eigenvalue weighted by Gasteiger charge is 2.13. The first-order valence-corrected chi connectivity index (χ1v) is 8.23. The fourth-order valence-corrected chi connectivity index (χ4v) is 2.87. The number of benzene rings is 2. The van der Waals surface area contributed by atoms with Crippen LogP contribution in [-0.2, 0) is 0 Å². The maximum atomic E-state index is 12.5. The van der Waals surface area contributed by atoms with Crippen LogP contribution in [0.5, 0.6) is 0 Å². The van der Waals surface area contributed by atoms with Crippen LogP contribution in [0.3, 0.4) is 0 Å². The summed E-state index contributed by atoms with van der Waals surface area (Å²) in [6.07, 6.45) is 3.60. The van der Waals surface area contributed by atoms with Gasteiger partial charge in [-0.2, -0.15) is 5.10 Å². The summed E-state index contributed by atoms with van der Waals surface area (Å²) in [5, 5.41) is 7.17. The molecule has 3 N–H and O–H groups in total. The molecule has 1 amide bonds. The third-order valence-corrected chi connectivity index (χ3v) is 4.29. The standard InChI is InChI=1S/C19H17N5O2/c1-12(13-3-6-15(7-4-13)24-10-2-9-20-24)21-18(25)14-5-8-16-17(11-14)23-19(26)22-16/h2-12H,1H3,(H,21,25)(H2,22,23,26)/t12-/m1/s1. The maximum Gasteiger partial charge on any atom is 0.323 e. The number of nitrogens with zero attached hydrogens (tertiary/aromatic N) is 2. The summed E-state index contributed by atoms with van der Waals surface area (Å²) >= 11 is 0. The normalized spacial score (nSPS) is 12.2. The molecule has 0 aliphatic carbocycles. The van der Waals surface area contributed by atoms with Crippen LogP contribution in [0.1, 0.15) is 28.9 Å². The van der Waals surface area contributed by atoms with E-state index < -0.39 is 0 Å². The molecule has 0 aliphatic heterocycles. The number of hydrogen-bond acceptors (Lipinski definition) is 3. The van der Waals surface area contributed by atoms with Crippen molar-refractivity contribution < 1.29 is 4.79 Å². The molecule has 2 heterocycles. The quantitative estimate of drug-likeness (QED) is 0.529. The number of amides is 1. The summed E-state index contributed by atoms with van der Waals surface area (Å²) in [5.41, 5.74) is 3.44. The molecule has 0 fully saturated rings. The van der Waals surface area contributed by atoms with Crippen molar-refractivity contribution in [3.8, 4) is 5.69 Å². The van der Waals surface area contributed by atoms with Crippen molar-refractivity contribution in [3.63, 3.8) is 0 Å². The Hall–Kier alpha value is -3.61. The van der Waals surface area contributed by atoms with Gasteiger partial charge in [0.25, 0.3) is 5.91 Å². The van der Waals surface area contributed by atoms with Gasteiger partial charge in [0.15, 0.2) is 0 Å². The van der Waals surface area contributed by atoms with Crippen LogP contribution in [0.2, 0.25) is 0 Å². The largest absolute Gasteiger partial charge is 0.346 e. The van der Waals surface area contributed by atoms with Crippen molar-refractivity contribution in [2.75, 3.05) is 0 Å². The highest BCUT2D eigenvalue weighted by atomic mass is 16.2. The van der Waals surface area contributed by atoms with Crippen molar-refractivity contribution in [2.45, 2.75) is 13.0 Å². The first-order valence-electron chi connectivity index (χ1n) is 8.23. The number of fused-ring (bicyclic) bond motifs is 1. The Balaban J connectivity index is 1.50. The Kier molecular flexibility index (Phi) is 3.89. The van der Waals surface area contributed by atoms with E-state index in [4.69, 9.17) is 0 Å². The van der Waals surface area contributed by atoms with Gasteiger partial charge in [0.05, 0.1) is 22.8 Å². The predicted molar refractivity (Wildman–Crippen MR) is 98.4 cm³/mol. The van der Waals surface area contributed by atoms with Crippen molar-refractivity contribution in [3.05, 3.63) is 82.5 Å². The second-order valence-electron chi connectivity index (χ2n) is 6.08. The summed E-state index contributed by atoms with van der Waals surface area (Å²) in [6, 6.07) is 14.6. The van der Waals surface area contributed by atoms with Crippen LogP contribution in [0.4, 0.5) is 0 Å². The number of rotatable bonds is 4. The second-order valence-corrected chi connectivity index (χ2v) is 6.08. The lowest BCUT2D eigenvalue weighted by atomic mass is 10.1.